The highest BCUT2D eigenvalue weighted by Crippen LogP contribution is 2.28. The molecule has 0 spiro atoms. The van der Waals surface area contributed by atoms with Crippen molar-refractivity contribution in [2.24, 2.45) is 7.05 Å². The van der Waals surface area contributed by atoms with E-state index in [0.717, 1.165) is 11.1 Å². The lowest BCUT2D eigenvalue weighted by molar-refractivity contribution is 0.0955. The summed E-state index contributed by atoms with van der Waals surface area (Å²) < 4.78 is 6.98. The van der Waals surface area contributed by atoms with Crippen molar-refractivity contribution in [1.29, 1.82) is 0 Å². The second-order valence-electron chi connectivity index (χ2n) is 4.30. The van der Waals surface area contributed by atoms with Gasteiger partial charge in [-0.1, -0.05) is 0 Å². The van der Waals surface area contributed by atoms with Crippen molar-refractivity contribution < 1.29 is 9.53 Å². The maximum Gasteiger partial charge on any atom is 0.267 e. The molecule has 1 aromatic carbocycles. The van der Waals surface area contributed by atoms with Gasteiger partial charge in [0.1, 0.15) is 11.4 Å². The van der Waals surface area contributed by atoms with Gasteiger partial charge in [-0.2, -0.15) is 0 Å². The van der Waals surface area contributed by atoms with Crippen molar-refractivity contribution in [2.45, 2.75) is 0 Å². The molecule has 0 radical (unpaired) electrons. The number of carbonyl (C=O) groups excluding carboxylic acids is 1. The smallest absolute Gasteiger partial charge is 0.267 e. The normalized spacial score (nSPS) is 10.3. The molecule has 0 fully saturated rings. The summed E-state index contributed by atoms with van der Waals surface area (Å²) in [6.07, 6.45) is 1.89. The summed E-state index contributed by atoms with van der Waals surface area (Å²) >= 11 is 0. The van der Waals surface area contributed by atoms with E-state index in [1.165, 1.54) is 0 Å². The monoisotopic (exact) mass is 259 g/mol. The number of amides is 1. The molecule has 5 heteroatoms. The number of hydrogen-bond acceptors (Lipinski definition) is 3. The summed E-state index contributed by atoms with van der Waals surface area (Å²) in [6.45, 7) is 0. The molecular weight excluding hydrogens is 242 g/mol. The van der Waals surface area contributed by atoms with Crippen LogP contribution in [0.5, 0.6) is 5.75 Å². The molecule has 1 aromatic heterocycles. The summed E-state index contributed by atoms with van der Waals surface area (Å²) in [5.41, 5.74) is 8.90. The van der Waals surface area contributed by atoms with Crippen LogP contribution in [0.4, 0.5) is 5.69 Å². The summed E-state index contributed by atoms with van der Waals surface area (Å²) in [5, 5.41) is 2.61. The number of nitrogens with one attached hydrogen (secondary N) is 1. The quantitative estimate of drug-likeness (QED) is 0.823. The molecule has 19 heavy (non-hydrogen) atoms. The van der Waals surface area contributed by atoms with Crippen LogP contribution in [0.2, 0.25) is 0 Å². The maximum atomic E-state index is 11.7. The van der Waals surface area contributed by atoms with E-state index >= 15 is 0 Å². The van der Waals surface area contributed by atoms with Gasteiger partial charge in [0.05, 0.1) is 7.11 Å². The minimum absolute atomic E-state index is 0.121. The van der Waals surface area contributed by atoms with Gasteiger partial charge in [-0.25, -0.2) is 0 Å². The summed E-state index contributed by atoms with van der Waals surface area (Å²) in [6, 6.07) is 7.32. The molecule has 0 saturated carbocycles. The van der Waals surface area contributed by atoms with E-state index < -0.39 is 0 Å². The largest absolute Gasteiger partial charge is 0.497 e. The van der Waals surface area contributed by atoms with Gasteiger partial charge in [-0.3, -0.25) is 4.79 Å². The Labute approximate surface area is 112 Å². The zero-order valence-electron chi connectivity index (χ0n) is 11.2. The van der Waals surface area contributed by atoms with Crippen molar-refractivity contribution in [3.05, 3.63) is 36.2 Å². The van der Waals surface area contributed by atoms with E-state index in [1.54, 1.807) is 24.8 Å². The average molecular weight is 259 g/mol. The molecule has 3 N–H and O–H groups in total. The molecule has 0 unspecified atom stereocenters. The molecule has 0 aliphatic rings. The van der Waals surface area contributed by atoms with Gasteiger partial charge < -0.3 is 20.4 Å². The van der Waals surface area contributed by atoms with Gasteiger partial charge in [-0.05, 0) is 23.8 Å². The predicted octanol–water partition coefficient (Wildman–Crippen LogP) is 1.64. The van der Waals surface area contributed by atoms with Gasteiger partial charge in [0.25, 0.3) is 5.91 Å². The lowest BCUT2D eigenvalue weighted by Gasteiger charge is -2.05. The van der Waals surface area contributed by atoms with E-state index in [2.05, 4.69) is 5.32 Å². The van der Waals surface area contributed by atoms with Crippen molar-refractivity contribution in [2.75, 3.05) is 19.9 Å². The number of nitrogens with two attached hydrogens (primary N) is 1. The number of nitrogen functional groups attached to an aromatic ring is 1. The van der Waals surface area contributed by atoms with Gasteiger partial charge in [0.2, 0.25) is 0 Å². The number of anilines is 1. The highest BCUT2D eigenvalue weighted by Gasteiger charge is 2.12. The third kappa shape index (κ3) is 2.54. The van der Waals surface area contributed by atoms with Crippen molar-refractivity contribution in [3.63, 3.8) is 0 Å². The lowest BCUT2D eigenvalue weighted by atomic mass is 10.1. The van der Waals surface area contributed by atoms with Gasteiger partial charge >= 0.3 is 0 Å². The van der Waals surface area contributed by atoms with Crippen LogP contribution in [0.15, 0.2) is 30.5 Å². The highest BCUT2D eigenvalue weighted by molar-refractivity contribution is 5.94. The number of ether oxygens (including phenoxy) is 1. The molecule has 2 rings (SSSR count). The molecule has 1 heterocycles. The van der Waals surface area contributed by atoms with Gasteiger partial charge in [0, 0.05) is 37.6 Å². The first-order valence-electron chi connectivity index (χ1n) is 5.88. The van der Waals surface area contributed by atoms with Crippen LogP contribution in [0.25, 0.3) is 11.1 Å². The van der Waals surface area contributed by atoms with Crippen LogP contribution >= 0.6 is 0 Å². The fraction of sp³-hybridized carbons (Fsp3) is 0.214. The number of nitrogens with zero attached hydrogens (tertiary/aromatic N) is 1. The fourth-order valence-electron chi connectivity index (χ4n) is 1.98. The lowest BCUT2D eigenvalue weighted by Crippen LogP contribution is -2.20. The van der Waals surface area contributed by atoms with Crippen LogP contribution in [0, 0.1) is 0 Å². The number of benzene rings is 1. The van der Waals surface area contributed by atoms with E-state index in [-0.39, 0.29) is 5.91 Å². The SMILES string of the molecule is CNC(=O)c1cc(-c2cc(N)cc(OC)c2)cn1C. The van der Waals surface area contributed by atoms with Gasteiger partial charge in [0.15, 0.2) is 0 Å². The third-order valence-corrected chi connectivity index (χ3v) is 2.96. The Morgan fingerprint density at radius 2 is 2.00 bits per heavy atom. The highest BCUT2D eigenvalue weighted by atomic mass is 16.5. The molecule has 100 valence electrons. The second kappa shape index (κ2) is 5.06. The Morgan fingerprint density at radius 1 is 1.26 bits per heavy atom. The van der Waals surface area contributed by atoms with Crippen molar-refractivity contribution in [3.8, 4) is 16.9 Å². The summed E-state index contributed by atoms with van der Waals surface area (Å²) in [4.78, 5) is 11.7. The number of rotatable bonds is 3. The molecule has 0 aliphatic carbocycles. The Balaban J connectivity index is 2.48. The third-order valence-electron chi connectivity index (χ3n) is 2.96. The Kier molecular flexibility index (Phi) is 3.46. The molecule has 0 saturated heterocycles. The predicted molar refractivity (Wildman–Crippen MR) is 75.2 cm³/mol. The Morgan fingerprint density at radius 3 is 2.63 bits per heavy atom. The van der Waals surface area contributed by atoms with Crippen LogP contribution in [0.1, 0.15) is 10.5 Å². The number of carbonyl (C=O) groups is 1. The van der Waals surface area contributed by atoms with E-state index in [4.69, 9.17) is 10.5 Å². The topological polar surface area (TPSA) is 69.3 Å². The van der Waals surface area contributed by atoms with Crippen LogP contribution in [-0.2, 0) is 7.05 Å². The maximum absolute atomic E-state index is 11.7. The second-order valence-corrected chi connectivity index (χ2v) is 4.30. The van der Waals surface area contributed by atoms with Crippen LogP contribution in [-0.4, -0.2) is 24.6 Å². The first-order valence-corrected chi connectivity index (χ1v) is 5.88. The van der Waals surface area contributed by atoms with Gasteiger partial charge in [-0.15, -0.1) is 0 Å². The van der Waals surface area contributed by atoms with E-state index in [1.807, 2.05) is 31.4 Å². The van der Waals surface area contributed by atoms with Crippen molar-refractivity contribution >= 4 is 11.6 Å². The number of aromatic nitrogens is 1. The molecular formula is C14H17N3O2. The van der Waals surface area contributed by atoms with Crippen molar-refractivity contribution in [1.82, 2.24) is 9.88 Å². The molecule has 1 amide bonds. The number of hydrogen-bond donors (Lipinski definition) is 2. The number of methoxy groups -OCH3 is 1. The van der Waals surface area contributed by atoms with Crippen LogP contribution in [0.3, 0.4) is 0 Å². The molecule has 0 bridgehead atoms. The first kappa shape index (κ1) is 13.0. The first-order chi connectivity index (χ1) is 9.05. The minimum atomic E-state index is -0.121. The Hall–Kier alpha value is -2.43. The molecule has 2 aromatic rings. The summed E-state index contributed by atoms with van der Waals surface area (Å²) in [5.74, 6) is 0.574. The van der Waals surface area contributed by atoms with Crippen LogP contribution < -0.4 is 15.8 Å². The summed E-state index contributed by atoms with van der Waals surface area (Å²) in [7, 11) is 5.04. The average Bonchev–Trinajstić information content (AvgIpc) is 2.79. The molecule has 0 atom stereocenters. The zero-order chi connectivity index (χ0) is 14.0. The van der Waals surface area contributed by atoms with E-state index in [0.29, 0.717) is 17.1 Å². The molecule has 5 nitrogen and oxygen atoms in total. The number of aryl methyl sites for hydroxylation is 1. The fourth-order valence-corrected chi connectivity index (χ4v) is 1.98. The molecule has 0 aliphatic heterocycles. The van der Waals surface area contributed by atoms with E-state index in [9.17, 15) is 4.79 Å². The minimum Gasteiger partial charge on any atom is -0.497 e. The zero-order valence-corrected chi connectivity index (χ0v) is 11.2. The standard InChI is InChI=1S/C14H17N3O2/c1-16-14(18)13-6-10(8-17(13)2)9-4-11(15)7-12(5-9)19-3/h4-8H,15H2,1-3H3,(H,16,18). The Bertz CT molecular complexity index is 617.